The summed E-state index contributed by atoms with van der Waals surface area (Å²) in [5.74, 6) is -3.25. The maximum atomic E-state index is 13.8. The first-order valence-electron chi connectivity index (χ1n) is 13.7. The number of imide groups is 1. The first-order valence-corrected chi connectivity index (χ1v) is 15.9. The van der Waals surface area contributed by atoms with Crippen molar-refractivity contribution < 1.29 is 31.8 Å². The largest absolute Gasteiger partial charge is 0.379 e. The summed E-state index contributed by atoms with van der Waals surface area (Å²) in [4.78, 5) is 54.5. The number of amides is 3. The number of halogens is 2. The van der Waals surface area contributed by atoms with Crippen molar-refractivity contribution in [1.29, 1.82) is 0 Å². The Morgan fingerprint density at radius 1 is 0.907 bits per heavy atom. The fraction of sp³-hybridized carbons (Fsp3) is 0.290. The van der Waals surface area contributed by atoms with Crippen molar-refractivity contribution >= 4 is 56.8 Å². The van der Waals surface area contributed by atoms with Crippen LogP contribution in [0, 0.1) is 30.6 Å². The maximum absolute atomic E-state index is 13.8. The van der Waals surface area contributed by atoms with Gasteiger partial charge in [-0.1, -0.05) is 40.9 Å². The normalized spacial score (nSPS) is 22.5. The highest BCUT2D eigenvalue weighted by atomic mass is 35.5. The van der Waals surface area contributed by atoms with Gasteiger partial charge in [-0.15, -0.1) is 0 Å². The van der Waals surface area contributed by atoms with Crippen LogP contribution in [0.1, 0.15) is 45.5 Å². The number of ketones is 1. The second-order valence-corrected chi connectivity index (χ2v) is 13.5. The Bertz CT molecular complexity index is 1730. The Balaban J connectivity index is 1.26. The van der Waals surface area contributed by atoms with Gasteiger partial charge in [-0.3, -0.25) is 19.2 Å². The van der Waals surface area contributed by atoms with E-state index in [2.05, 4.69) is 0 Å². The molecular formula is C31H26Cl2N2O7S. The highest BCUT2D eigenvalue weighted by Gasteiger charge is 2.62. The number of hydrogen-bond donors (Lipinski definition) is 0. The van der Waals surface area contributed by atoms with Gasteiger partial charge in [-0.2, -0.15) is 13.4 Å². The molecule has 3 aromatic rings. The van der Waals surface area contributed by atoms with Gasteiger partial charge in [0.2, 0.25) is 0 Å². The van der Waals surface area contributed by atoms with Gasteiger partial charge < -0.3 is 4.18 Å². The van der Waals surface area contributed by atoms with Gasteiger partial charge in [0.05, 0.1) is 22.4 Å². The molecule has 12 heteroatoms. The lowest BCUT2D eigenvalue weighted by Crippen LogP contribution is -2.52. The molecular weight excluding hydrogens is 615 g/mol. The third-order valence-electron chi connectivity index (χ3n) is 8.53. The quantitative estimate of drug-likeness (QED) is 0.185. The zero-order valence-corrected chi connectivity index (χ0v) is 25.2. The monoisotopic (exact) mass is 640 g/mol. The maximum Gasteiger partial charge on any atom is 0.339 e. The average molecular weight is 642 g/mol. The van der Waals surface area contributed by atoms with Crippen LogP contribution >= 0.6 is 23.2 Å². The van der Waals surface area contributed by atoms with Crippen LogP contribution in [-0.4, -0.2) is 48.5 Å². The van der Waals surface area contributed by atoms with E-state index < -0.39 is 52.0 Å². The summed E-state index contributed by atoms with van der Waals surface area (Å²) in [5.41, 5.74) is 0.976. The smallest absolute Gasteiger partial charge is 0.339 e. The summed E-state index contributed by atoms with van der Waals surface area (Å²) < 4.78 is 30.5. The lowest BCUT2D eigenvalue weighted by Gasteiger charge is -2.31. The first kappa shape index (κ1) is 29.3. The Morgan fingerprint density at radius 3 is 2.09 bits per heavy atom. The van der Waals surface area contributed by atoms with Crippen molar-refractivity contribution in [1.82, 2.24) is 10.0 Å². The lowest BCUT2D eigenvalue weighted by molar-refractivity contribution is -0.155. The highest BCUT2D eigenvalue weighted by molar-refractivity contribution is 7.87. The lowest BCUT2D eigenvalue weighted by atomic mass is 9.81. The molecule has 0 radical (unpaired) electrons. The average Bonchev–Trinajstić information content (AvgIpc) is 3.65. The zero-order valence-electron chi connectivity index (χ0n) is 22.9. The summed E-state index contributed by atoms with van der Waals surface area (Å²) in [6.45, 7) is 1.20. The first-order chi connectivity index (χ1) is 20.4. The van der Waals surface area contributed by atoms with Crippen LogP contribution in [0.3, 0.4) is 0 Å². The number of Topliss-reactive ketones (excluding diaryl/α,β-unsaturated/α-hetero) is 1. The van der Waals surface area contributed by atoms with Crippen molar-refractivity contribution in [2.75, 3.05) is 6.54 Å². The van der Waals surface area contributed by atoms with E-state index in [0.717, 1.165) is 34.8 Å². The van der Waals surface area contributed by atoms with Gasteiger partial charge in [0.1, 0.15) is 17.2 Å². The molecule has 3 aromatic carbocycles. The second-order valence-electron chi connectivity index (χ2n) is 11.2. The van der Waals surface area contributed by atoms with E-state index in [0.29, 0.717) is 0 Å². The number of benzene rings is 3. The molecule has 0 unspecified atom stereocenters. The molecule has 1 heterocycles. The van der Waals surface area contributed by atoms with Crippen LogP contribution in [0.15, 0.2) is 71.6 Å². The molecule has 3 amide bonds. The number of carbonyl (C=O) groups is 4. The van der Waals surface area contributed by atoms with Crippen molar-refractivity contribution in [3.8, 4) is 5.75 Å². The van der Waals surface area contributed by atoms with Gasteiger partial charge >= 0.3 is 10.1 Å². The molecule has 4 atom stereocenters. The Hall–Kier alpha value is -3.73. The number of fused-ring (bicyclic) bond motifs is 5. The van der Waals surface area contributed by atoms with E-state index in [1.54, 1.807) is 12.1 Å². The van der Waals surface area contributed by atoms with E-state index >= 15 is 0 Å². The summed E-state index contributed by atoms with van der Waals surface area (Å²) >= 11 is 12.3. The van der Waals surface area contributed by atoms with Crippen molar-refractivity contribution in [2.45, 2.75) is 31.1 Å². The van der Waals surface area contributed by atoms with Crippen LogP contribution in [0.2, 0.25) is 10.0 Å². The number of carbonyl (C=O) groups excluding carboxylic acids is 4. The molecule has 0 aromatic heterocycles. The number of aryl methyl sites for hydroxylation is 1. The number of nitrogens with zero attached hydrogens (tertiary/aromatic N) is 2. The molecule has 0 N–H and O–H groups in total. The van der Waals surface area contributed by atoms with E-state index in [-0.39, 0.29) is 43.7 Å². The molecule has 222 valence electrons. The van der Waals surface area contributed by atoms with Crippen molar-refractivity contribution in [2.24, 2.45) is 23.7 Å². The molecule has 3 aliphatic rings. The van der Waals surface area contributed by atoms with Gasteiger partial charge in [0, 0.05) is 10.6 Å². The minimum atomic E-state index is -4.11. The standard InChI is InChI=1S/C31H26Cl2N2O7S/c1-17-2-11-23(12-3-17)43(40,41)42-22-9-6-18(7-10-22)26(36)16-34(29(37)24-13-8-21(32)15-25(24)33)35-30(38)27-19-4-5-20(14-19)28(27)31(35)39/h2-3,6-13,15,19-20,27-28H,4-5,14,16H2,1H3/t19-,20-,27+,28+/m0/s1. The van der Waals surface area contributed by atoms with E-state index in [4.69, 9.17) is 27.4 Å². The number of hydrogen-bond acceptors (Lipinski definition) is 7. The van der Waals surface area contributed by atoms with Crippen molar-refractivity contribution in [3.63, 3.8) is 0 Å². The predicted octanol–water partition coefficient (Wildman–Crippen LogP) is 5.34. The minimum absolute atomic E-state index is 0.00518. The summed E-state index contributed by atoms with van der Waals surface area (Å²) in [7, 11) is -4.11. The second kappa shape index (κ2) is 11.1. The molecule has 0 spiro atoms. The van der Waals surface area contributed by atoms with Crippen LogP contribution in [-0.2, 0) is 19.7 Å². The third-order valence-corrected chi connectivity index (χ3v) is 10.3. The van der Waals surface area contributed by atoms with Crippen LogP contribution in [0.4, 0.5) is 0 Å². The van der Waals surface area contributed by atoms with Gasteiger partial charge in [-0.25, -0.2) is 5.01 Å². The van der Waals surface area contributed by atoms with Crippen LogP contribution in [0.25, 0.3) is 0 Å². The molecule has 2 bridgehead atoms. The Labute approximate surface area is 258 Å². The topological polar surface area (TPSA) is 118 Å². The zero-order chi connectivity index (χ0) is 30.6. The molecule has 1 aliphatic heterocycles. The molecule has 9 nitrogen and oxygen atoms in total. The van der Waals surface area contributed by atoms with Gasteiger partial charge in [0.25, 0.3) is 17.7 Å². The van der Waals surface area contributed by atoms with Gasteiger partial charge in [0.15, 0.2) is 5.78 Å². The molecule has 2 aliphatic carbocycles. The summed E-state index contributed by atoms with van der Waals surface area (Å²) in [6, 6.07) is 15.7. The van der Waals surface area contributed by atoms with E-state index in [1.807, 2.05) is 6.92 Å². The van der Waals surface area contributed by atoms with Crippen LogP contribution in [0.5, 0.6) is 5.75 Å². The fourth-order valence-electron chi connectivity index (χ4n) is 6.47. The number of rotatable bonds is 8. The Kier molecular flexibility index (Phi) is 7.56. The van der Waals surface area contributed by atoms with Crippen LogP contribution < -0.4 is 4.18 Å². The molecule has 1 saturated heterocycles. The van der Waals surface area contributed by atoms with E-state index in [1.165, 1.54) is 54.6 Å². The summed E-state index contributed by atoms with van der Waals surface area (Å²) in [5, 5.41) is 1.99. The minimum Gasteiger partial charge on any atom is -0.379 e. The molecule has 43 heavy (non-hydrogen) atoms. The SMILES string of the molecule is Cc1ccc(S(=O)(=O)Oc2ccc(C(=O)CN(C(=O)c3ccc(Cl)cc3Cl)N3C(=O)[C@@H]4[C@H]5CC[C@@H](C5)[C@H]4C3=O)cc2)cc1. The highest BCUT2D eigenvalue weighted by Crippen LogP contribution is 2.56. The Morgan fingerprint density at radius 2 is 1.51 bits per heavy atom. The fourth-order valence-corrected chi connectivity index (χ4v) is 7.89. The van der Waals surface area contributed by atoms with E-state index in [9.17, 15) is 27.6 Å². The third kappa shape index (κ3) is 5.32. The predicted molar refractivity (Wildman–Crippen MR) is 157 cm³/mol. The molecule has 6 rings (SSSR count). The number of hydrazine groups is 1. The van der Waals surface area contributed by atoms with Gasteiger partial charge in [-0.05, 0) is 92.6 Å². The van der Waals surface area contributed by atoms with Crippen molar-refractivity contribution in [3.05, 3.63) is 93.5 Å². The molecule has 2 saturated carbocycles. The molecule has 3 fully saturated rings. The summed E-state index contributed by atoms with van der Waals surface area (Å²) in [6.07, 6.45) is 2.51.